The zero-order valence-corrected chi connectivity index (χ0v) is 33.1. The van der Waals surface area contributed by atoms with Crippen molar-refractivity contribution in [1.82, 2.24) is 15.0 Å². The number of hydrogen-bond acceptors (Lipinski definition) is 10. The number of Topliss-reactive ketones (excluding diaryl/α,β-unsaturated/α-hetero) is 6. The van der Waals surface area contributed by atoms with Crippen molar-refractivity contribution in [2.24, 2.45) is 0 Å². The Morgan fingerprint density at radius 1 is 0.459 bits per heavy atom. The van der Waals surface area contributed by atoms with Crippen LogP contribution in [0, 0.1) is 30.2 Å². The molecule has 0 aliphatic rings. The Hall–Kier alpha value is -7.35. The van der Waals surface area contributed by atoms with Gasteiger partial charge in [0.05, 0.1) is 12.7 Å². The molecule has 6 rings (SSSR count). The highest BCUT2D eigenvalue weighted by Gasteiger charge is 2.18. The summed E-state index contributed by atoms with van der Waals surface area (Å²) in [6.07, 6.45) is 4.08. The molecule has 0 unspecified atom stereocenters. The van der Waals surface area contributed by atoms with Gasteiger partial charge in [-0.15, -0.1) is 0 Å². The van der Waals surface area contributed by atoms with E-state index in [4.69, 9.17) is 4.74 Å². The third kappa shape index (κ3) is 14.2. The SMILES string of the molecule is COc1cccnc1C(=O)CCC(=O)c1ccccc1F.Cc1cccnc1C(=O)CCC(=O)c1cccc(F)c1.O=C(CCC(=O)c1ncccc1F)c1cccc(F)c1. The van der Waals surface area contributed by atoms with Gasteiger partial charge >= 0.3 is 0 Å². The van der Waals surface area contributed by atoms with Gasteiger partial charge in [0.2, 0.25) is 0 Å². The molecule has 14 heteroatoms. The smallest absolute Gasteiger partial charge is 0.185 e. The first-order valence-electron chi connectivity index (χ1n) is 18.7. The minimum Gasteiger partial charge on any atom is -0.494 e. The van der Waals surface area contributed by atoms with Crippen LogP contribution in [0.5, 0.6) is 5.75 Å². The molecule has 0 atom stereocenters. The lowest BCUT2D eigenvalue weighted by molar-refractivity contribution is 0.0911. The molecular formula is C47H39F4N3O7. The molecule has 0 spiro atoms. The van der Waals surface area contributed by atoms with Crippen molar-refractivity contribution < 1.29 is 51.1 Å². The van der Waals surface area contributed by atoms with E-state index in [1.54, 1.807) is 49.5 Å². The van der Waals surface area contributed by atoms with E-state index < -0.39 is 34.8 Å². The molecular weight excluding hydrogens is 795 g/mol. The van der Waals surface area contributed by atoms with E-state index in [2.05, 4.69) is 15.0 Å². The first kappa shape index (κ1) is 46.3. The van der Waals surface area contributed by atoms with E-state index in [9.17, 15) is 46.3 Å². The molecule has 6 aromatic rings. The number of halogens is 4. The Labute approximate surface area is 348 Å². The number of ketones is 6. The molecule has 0 radical (unpaired) electrons. The molecule has 0 amide bonds. The van der Waals surface area contributed by atoms with E-state index in [1.807, 2.05) is 0 Å². The van der Waals surface area contributed by atoms with Gasteiger partial charge in [0.15, 0.2) is 40.5 Å². The number of aromatic nitrogens is 3. The van der Waals surface area contributed by atoms with Gasteiger partial charge in [-0.2, -0.15) is 0 Å². The third-order valence-electron chi connectivity index (χ3n) is 8.76. The van der Waals surface area contributed by atoms with Crippen molar-refractivity contribution in [3.05, 3.63) is 190 Å². The lowest BCUT2D eigenvalue weighted by Crippen LogP contribution is -2.09. The summed E-state index contributed by atoms with van der Waals surface area (Å²) in [6.45, 7) is 1.80. The number of carbonyl (C=O) groups is 6. The van der Waals surface area contributed by atoms with Crippen LogP contribution in [0.15, 0.2) is 128 Å². The monoisotopic (exact) mass is 833 g/mol. The largest absolute Gasteiger partial charge is 0.494 e. The van der Waals surface area contributed by atoms with Gasteiger partial charge in [-0.25, -0.2) is 22.5 Å². The number of nitrogens with zero attached hydrogens (tertiary/aromatic N) is 3. The van der Waals surface area contributed by atoms with E-state index in [0.29, 0.717) is 11.4 Å². The number of methoxy groups -OCH3 is 1. The fourth-order valence-corrected chi connectivity index (χ4v) is 5.60. The topological polar surface area (TPSA) is 150 Å². The molecule has 0 saturated carbocycles. The minimum atomic E-state index is -0.712. The number of benzene rings is 3. The number of carbonyl (C=O) groups excluding carboxylic acids is 6. The standard InChI is InChI=1S/C16H14FNO3.C16H14FNO2.C15H11F2NO2/c1-21-15-7-4-10-18-16(15)14(20)9-8-13(19)11-5-2-3-6-12(11)17;1-11-4-3-9-18-16(11)15(20)8-7-14(19)12-5-2-6-13(17)10-12;16-11-4-1-3-10(9-11)13(19)6-7-14(20)15-12(17)5-2-8-18-15/h2-7,10H,8-9H2,1H3;2-6,9-10H,7-8H2,1H3;1-5,8-9H,6-7H2. The van der Waals surface area contributed by atoms with Gasteiger partial charge in [0, 0.05) is 68.2 Å². The molecule has 61 heavy (non-hydrogen) atoms. The molecule has 0 aliphatic carbocycles. The number of aryl methyl sites for hydroxylation is 1. The van der Waals surface area contributed by atoms with Crippen molar-refractivity contribution in [3.63, 3.8) is 0 Å². The molecule has 0 bridgehead atoms. The second kappa shape index (κ2) is 23.3. The summed E-state index contributed by atoms with van der Waals surface area (Å²) in [5.41, 5.74) is 1.56. The van der Waals surface area contributed by atoms with Crippen LogP contribution in [-0.4, -0.2) is 56.8 Å². The van der Waals surface area contributed by atoms with Crippen LogP contribution in [0.25, 0.3) is 0 Å². The average molecular weight is 834 g/mol. The maximum absolute atomic E-state index is 13.5. The van der Waals surface area contributed by atoms with E-state index in [0.717, 1.165) is 17.7 Å². The normalized spacial score (nSPS) is 10.3. The second-order valence-electron chi connectivity index (χ2n) is 13.1. The number of rotatable bonds is 16. The van der Waals surface area contributed by atoms with Crippen LogP contribution in [-0.2, 0) is 0 Å². The molecule has 0 aliphatic heterocycles. The predicted molar refractivity (Wildman–Crippen MR) is 217 cm³/mol. The minimum absolute atomic E-state index is 0.00159. The molecule has 3 aromatic carbocycles. The van der Waals surface area contributed by atoms with Crippen LogP contribution < -0.4 is 4.74 Å². The maximum atomic E-state index is 13.5. The first-order chi connectivity index (χ1) is 29.3. The fourth-order valence-electron chi connectivity index (χ4n) is 5.60. The van der Waals surface area contributed by atoms with Crippen molar-refractivity contribution in [2.45, 2.75) is 45.4 Å². The highest BCUT2D eigenvalue weighted by molar-refractivity contribution is 6.03. The third-order valence-corrected chi connectivity index (χ3v) is 8.76. The molecule has 3 aromatic heterocycles. The Morgan fingerprint density at radius 3 is 1.43 bits per heavy atom. The molecule has 0 fully saturated rings. The van der Waals surface area contributed by atoms with Crippen molar-refractivity contribution in [2.75, 3.05) is 7.11 Å². The Morgan fingerprint density at radius 2 is 0.902 bits per heavy atom. The number of pyridine rings is 3. The van der Waals surface area contributed by atoms with Crippen LogP contribution in [0.3, 0.4) is 0 Å². The molecule has 10 nitrogen and oxygen atoms in total. The summed E-state index contributed by atoms with van der Waals surface area (Å²) >= 11 is 0. The van der Waals surface area contributed by atoms with Crippen molar-refractivity contribution in [3.8, 4) is 5.75 Å². The van der Waals surface area contributed by atoms with Crippen molar-refractivity contribution >= 4 is 34.7 Å². The van der Waals surface area contributed by atoms with Crippen molar-refractivity contribution in [1.29, 1.82) is 0 Å². The maximum Gasteiger partial charge on any atom is 0.185 e. The van der Waals surface area contributed by atoms with Crippen LogP contribution in [0.1, 0.15) is 107 Å². The molecule has 3 heterocycles. The summed E-state index contributed by atoms with van der Waals surface area (Å²) in [6, 6.07) is 25.8. The van der Waals surface area contributed by atoms with Crippen LogP contribution in [0.4, 0.5) is 17.6 Å². The first-order valence-corrected chi connectivity index (χ1v) is 18.7. The predicted octanol–water partition coefficient (Wildman–Crippen LogP) is 9.66. The van der Waals surface area contributed by atoms with Gasteiger partial charge in [0.25, 0.3) is 0 Å². The number of hydrogen-bond donors (Lipinski definition) is 0. The molecule has 0 saturated heterocycles. The van der Waals surface area contributed by atoms with Gasteiger partial charge in [-0.05, 0) is 79.2 Å². The van der Waals surface area contributed by atoms with E-state index in [1.165, 1.54) is 80.2 Å². The lowest BCUT2D eigenvalue weighted by Gasteiger charge is -2.06. The molecule has 312 valence electrons. The summed E-state index contributed by atoms with van der Waals surface area (Å²) in [5, 5.41) is 0. The zero-order chi connectivity index (χ0) is 44.3. The summed E-state index contributed by atoms with van der Waals surface area (Å²) in [7, 11) is 1.44. The van der Waals surface area contributed by atoms with Crippen LogP contribution in [0.2, 0.25) is 0 Å². The molecule has 0 N–H and O–H groups in total. The van der Waals surface area contributed by atoms with E-state index >= 15 is 0 Å². The highest BCUT2D eigenvalue weighted by atomic mass is 19.1. The van der Waals surface area contributed by atoms with E-state index in [-0.39, 0.29) is 89.7 Å². The van der Waals surface area contributed by atoms with Gasteiger partial charge < -0.3 is 4.74 Å². The fraction of sp³-hybridized carbons (Fsp3) is 0.170. The number of ether oxygens (including phenoxy) is 1. The quantitative estimate of drug-likeness (QED) is 0.0681. The second-order valence-corrected chi connectivity index (χ2v) is 13.1. The Bertz CT molecular complexity index is 2410. The Kier molecular flexibility index (Phi) is 17.7. The summed E-state index contributed by atoms with van der Waals surface area (Å²) in [4.78, 5) is 83.0. The summed E-state index contributed by atoms with van der Waals surface area (Å²) in [5.74, 6) is -3.95. The summed E-state index contributed by atoms with van der Waals surface area (Å²) < 4.78 is 57.8. The lowest BCUT2D eigenvalue weighted by atomic mass is 10.0. The van der Waals surface area contributed by atoms with Gasteiger partial charge in [0.1, 0.15) is 40.3 Å². The van der Waals surface area contributed by atoms with Gasteiger partial charge in [-0.1, -0.05) is 42.5 Å². The van der Waals surface area contributed by atoms with Gasteiger partial charge in [-0.3, -0.25) is 38.7 Å². The average Bonchev–Trinajstić information content (AvgIpc) is 3.27. The highest BCUT2D eigenvalue weighted by Crippen LogP contribution is 2.19. The zero-order valence-electron chi connectivity index (χ0n) is 33.1. The Balaban J connectivity index is 0.000000202. The van der Waals surface area contributed by atoms with Crippen LogP contribution >= 0.6 is 0 Å².